The lowest BCUT2D eigenvalue weighted by Gasteiger charge is -2.26. The second-order valence-corrected chi connectivity index (χ2v) is 6.10. The topological polar surface area (TPSA) is 57.8 Å². The Morgan fingerprint density at radius 2 is 1.52 bits per heavy atom. The Morgan fingerprint density at radius 3 is 2.16 bits per heavy atom. The third kappa shape index (κ3) is 10.2. The van der Waals surface area contributed by atoms with Gasteiger partial charge >= 0.3 is 0 Å². The normalized spacial score (nSPS) is 10.2. The maximum atomic E-state index is 5.52. The van der Waals surface area contributed by atoms with Gasteiger partial charge in [-0.15, -0.1) is 0 Å². The molecule has 140 valence electrons. The molecule has 1 rings (SSSR count). The monoisotopic (exact) mass is 384 g/mol. The molecule has 25 heavy (non-hydrogen) atoms. The van der Waals surface area contributed by atoms with Crippen molar-refractivity contribution in [3.63, 3.8) is 0 Å². The van der Waals surface area contributed by atoms with Gasteiger partial charge in [-0.25, -0.2) is 0 Å². The predicted molar refractivity (Wildman–Crippen MR) is 110 cm³/mol. The minimum Gasteiger partial charge on any atom is -0.383 e. The van der Waals surface area contributed by atoms with Gasteiger partial charge in [0.2, 0.25) is 0 Å². The van der Waals surface area contributed by atoms with E-state index in [0.29, 0.717) is 43.1 Å². The molecule has 0 heterocycles. The first-order chi connectivity index (χ1) is 12.2. The molecule has 0 amide bonds. The van der Waals surface area contributed by atoms with Gasteiger partial charge in [-0.1, -0.05) is 30.3 Å². The molecule has 0 unspecified atom stereocenters. The third-order valence-corrected chi connectivity index (χ3v) is 4.04. The van der Waals surface area contributed by atoms with Crippen LogP contribution in [-0.2, 0) is 16.0 Å². The van der Waals surface area contributed by atoms with E-state index in [-0.39, 0.29) is 0 Å². The van der Waals surface area contributed by atoms with Crippen molar-refractivity contribution >= 4 is 34.7 Å². The van der Waals surface area contributed by atoms with Crippen LogP contribution in [0.3, 0.4) is 0 Å². The van der Waals surface area contributed by atoms with Crippen molar-refractivity contribution in [1.82, 2.24) is 20.9 Å². The maximum Gasteiger partial charge on any atom is 0.169 e. The number of nitrogens with one attached hydrogen (secondary N) is 3. The van der Waals surface area contributed by atoms with Crippen molar-refractivity contribution in [3.05, 3.63) is 35.9 Å². The fourth-order valence-electron chi connectivity index (χ4n) is 2.06. The first kappa shape index (κ1) is 21.6. The highest BCUT2D eigenvalue weighted by Crippen LogP contribution is 2.04. The van der Waals surface area contributed by atoms with Gasteiger partial charge in [0.1, 0.15) is 0 Å². The zero-order valence-electron chi connectivity index (χ0n) is 14.9. The highest BCUT2D eigenvalue weighted by atomic mass is 32.1. The molecule has 0 bridgehead atoms. The van der Waals surface area contributed by atoms with Crippen LogP contribution in [0.4, 0.5) is 0 Å². The maximum absolute atomic E-state index is 5.52. The zero-order valence-corrected chi connectivity index (χ0v) is 16.5. The Morgan fingerprint density at radius 1 is 0.920 bits per heavy atom. The molecule has 0 atom stereocenters. The first-order valence-corrected chi connectivity index (χ1v) is 9.05. The average Bonchev–Trinajstić information content (AvgIpc) is 2.62. The molecule has 8 heteroatoms. The fraction of sp³-hybridized carbons (Fsp3) is 0.529. The van der Waals surface area contributed by atoms with Crippen molar-refractivity contribution in [2.75, 3.05) is 53.6 Å². The van der Waals surface area contributed by atoms with Crippen molar-refractivity contribution in [2.24, 2.45) is 0 Å². The predicted octanol–water partition coefficient (Wildman–Crippen LogP) is 1.12. The second-order valence-electron chi connectivity index (χ2n) is 5.31. The van der Waals surface area contributed by atoms with E-state index in [1.54, 1.807) is 14.2 Å². The lowest BCUT2D eigenvalue weighted by atomic mass is 10.2. The second kappa shape index (κ2) is 13.8. The number of nitrogens with zero attached hydrogens (tertiary/aromatic N) is 1. The smallest absolute Gasteiger partial charge is 0.169 e. The highest BCUT2D eigenvalue weighted by Gasteiger charge is 2.10. The molecule has 0 aromatic heterocycles. The third-order valence-electron chi connectivity index (χ3n) is 3.34. The minimum absolute atomic E-state index is 0.616. The zero-order chi connectivity index (χ0) is 18.3. The van der Waals surface area contributed by atoms with E-state index in [9.17, 15) is 0 Å². The van der Waals surface area contributed by atoms with Crippen LogP contribution in [0.2, 0.25) is 0 Å². The Balaban J connectivity index is 2.47. The number of benzene rings is 1. The Bertz CT molecular complexity index is 503. The molecule has 1 aromatic rings. The van der Waals surface area contributed by atoms with E-state index >= 15 is 0 Å². The van der Waals surface area contributed by atoms with Crippen LogP contribution in [-0.4, -0.2) is 68.7 Å². The lowest BCUT2D eigenvalue weighted by Crippen LogP contribution is -2.45. The molecule has 0 spiro atoms. The summed E-state index contributed by atoms with van der Waals surface area (Å²) in [7, 11) is 3.34. The summed E-state index contributed by atoms with van der Waals surface area (Å²) in [5, 5.41) is 10.8. The van der Waals surface area contributed by atoms with Crippen LogP contribution < -0.4 is 16.0 Å². The van der Waals surface area contributed by atoms with Crippen molar-refractivity contribution in [3.8, 4) is 0 Å². The van der Waals surface area contributed by atoms with Gasteiger partial charge in [-0.05, 0) is 30.0 Å². The number of ether oxygens (including phenoxy) is 2. The van der Waals surface area contributed by atoms with E-state index in [1.165, 1.54) is 5.56 Å². The molecule has 3 N–H and O–H groups in total. The quantitative estimate of drug-likeness (QED) is 0.388. The standard InChI is InChI=1S/C17H28N4O2S2/c1-22-12-9-19-16(24)18-8-11-21(17(25)20-10-13-23-2)14-15-6-4-3-5-7-15/h3-7H,8-14H2,1-2H3,(H,20,25)(H2,18,19,24). The summed E-state index contributed by atoms with van der Waals surface area (Å²) in [4.78, 5) is 2.12. The summed E-state index contributed by atoms with van der Waals surface area (Å²) in [6.07, 6.45) is 0. The highest BCUT2D eigenvalue weighted by molar-refractivity contribution is 7.80. The number of methoxy groups -OCH3 is 2. The van der Waals surface area contributed by atoms with Gasteiger partial charge in [0.25, 0.3) is 0 Å². The van der Waals surface area contributed by atoms with Crippen LogP contribution in [0, 0.1) is 0 Å². The van der Waals surface area contributed by atoms with E-state index in [4.69, 9.17) is 33.9 Å². The van der Waals surface area contributed by atoms with Crippen LogP contribution in [0.15, 0.2) is 30.3 Å². The number of hydrogen-bond acceptors (Lipinski definition) is 4. The molecule has 0 saturated heterocycles. The molecular weight excluding hydrogens is 356 g/mol. The average molecular weight is 385 g/mol. The summed E-state index contributed by atoms with van der Waals surface area (Å²) >= 11 is 10.8. The molecule has 0 saturated carbocycles. The number of hydrogen-bond donors (Lipinski definition) is 3. The molecule has 0 fully saturated rings. The van der Waals surface area contributed by atoms with Crippen LogP contribution in [0.25, 0.3) is 0 Å². The summed E-state index contributed by atoms with van der Waals surface area (Å²) in [6.45, 7) is 4.78. The molecule has 0 aliphatic heterocycles. The Kier molecular flexibility index (Phi) is 11.9. The number of rotatable bonds is 11. The van der Waals surface area contributed by atoms with Crippen molar-refractivity contribution in [2.45, 2.75) is 6.54 Å². The fourth-order valence-corrected chi connectivity index (χ4v) is 2.52. The van der Waals surface area contributed by atoms with E-state index in [1.807, 2.05) is 18.2 Å². The molecule has 0 radical (unpaired) electrons. The lowest BCUT2D eigenvalue weighted by molar-refractivity contribution is 0.202. The molecular formula is C17H28N4O2S2. The largest absolute Gasteiger partial charge is 0.383 e. The summed E-state index contributed by atoms with van der Waals surface area (Å²) in [5.74, 6) is 0. The van der Waals surface area contributed by atoms with Gasteiger partial charge in [0.15, 0.2) is 10.2 Å². The number of thiocarbonyl (C=S) groups is 2. The van der Waals surface area contributed by atoms with Gasteiger partial charge in [0, 0.05) is 46.9 Å². The Labute approximate surface area is 161 Å². The summed E-state index contributed by atoms with van der Waals surface area (Å²) in [6, 6.07) is 10.3. The molecule has 6 nitrogen and oxygen atoms in total. The SMILES string of the molecule is COCCNC(=S)NCCN(Cc1ccccc1)C(=S)NCCOC. The first-order valence-electron chi connectivity index (χ1n) is 8.23. The van der Waals surface area contributed by atoms with E-state index < -0.39 is 0 Å². The summed E-state index contributed by atoms with van der Waals surface area (Å²) < 4.78 is 10.0. The minimum atomic E-state index is 0.616. The summed E-state index contributed by atoms with van der Waals surface area (Å²) in [5.41, 5.74) is 1.21. The molecule has 0 aliphatic carbocycles. The van der Waals surface area contributed by atoms with Gasteiger partial charge in [-0.2, -0.15) is 0 Å². The van der Waals surface area contributed by atoms with Crippen molar-refractivity contribution in [1.29, 1.82) is 0 Å². The van der Waals surface area contributed by atoms with Crippen molar-refractivity contribution < 1.29 is 9.47 Å². The molecule has 1 aromatic carbocycles. The van der Waals surface area contributed by atoms with Crippen LogP contribution in [0.1, 0.15) is 5.56 Å². The van der Waals surface area contributed by atoms with E-state index in [2.05, 4.69) is 33.0 Å². The van der Waals surface area contributed by atoms with Gasteiger partial charge < -0.3 is 30.3 Å². The molecule has 0 aliphatic rings. The Hall–Kier alpha value is -1.48. The van der Waals surface area contributed by atoms with Gasteiger partial charge in [0.05, 0.1) is 13.2 Å². The van der Waals surface area contributed by atoms with Gasteiger partial charge in [-0.3, -0.25) is 0 Å². The van der Waals surface area contributed by atoms with Crippen LogP contribution in [0.5, 0.6) is 0 Å². The van der Waals surface area contributed by atoms with E-state index in [0.717, 1.165) is 13.1 Å². The van der Waals surface area contributed by atoms with Crippen LogP contribution >= 0.6 is 24.4 Å².